The Bertz CT molecular complexity index is 234. The van der Waals surface area contributed by atoms with Crippen molar-refractivity contribution in [2.75, 3.05) is 0 Å². The van der Waals surface area contributed by atoms with Gasteiger partial charge in [0.25, 0.3) is 10.0 Å². The van der Waals surface area contributed by atoms with Gasteiger partial charge in [-0.25, -0.2) is 0 Å². The van der Waals surface area contributed by atoms with Gasteiger partial charge in [-0.2, -0.15) is 4.98 Å². The van der Waals surface area contributed by atoms with Gasteiger partial charge in [0.05, 0.1) is 0 Å². The Morgan fingerprint density at radius 2 is 2.56 bits per heavy atom. The van der Waals surface area contributed by atoms with Crippen molar-refractivity contribution in [3.05, 3.63) is 16.8 Å². The molecule has 9 heavy (non-hydrogen) atoms. The van der Waals surface area contributed by atoms with Gasteiger partial charge in [-0.1, -0.05) is 0 Å². The molecule has 3 nitrogen and oxygen atoms in total. The van der Waals surface area contributed by atoms with E-state index in [2.05, 4.69) is 25.3 Å². The standard InChI is InChI=1S/C4HBrClNO2/c5-4-7-2(1-9-4)3(6)8/h1H. The van der Waals surface area contributed by atoms with Gasteiger partial charge in [-0.05, 0) is 11.6 Å². The molecule has 1 heterocycles. The predicted molar refractivity (Wildman–Crippen MR) is 34.4 cm³/mol. The number of aromatic nitrogens is 1. The first-order valence-electron chi connectivity index (χ1n) is 2.01. The maximum absolute atomic E-state index is 10.3. The average Bonchev–Trinajstić information content (AvgIpc) is 2.14. The molecule has 1 rings (SSSR count). The average molecular weight is 210 g/mol. The second kappa shape index (κ2) is 2.49. The Labute approximate surface area is 64.1 Å². The molecule has 1 aromatic heterocycles. The first-order valence-corrected chi connectivity index (χ1v) is 3.18. The van der Waals surface area contributed by atoms with Crippen molar-refractivity contribution in [2.45, 2.75) is 0 Å². The van der Waals surface area contributed by atoms with Crippen molar-refractivity contribution in [3.63, 3.8) is 0 Å². The molecule has 0 aliphatic rings. The first-order chi connectivity index (χ1) is 4.20. The smallest absolute Gasteiger partial charge is 0.274 e. The maximum atomic E-state index is 10.3. The SMILES string of the molecule is O=C(Cl)c1coc(Br)n1. The van der Waals surface area contributed by atoms with Crippen LogP contribution in [0.5, 0.6) is 0 Å². The molecule has 0 radical (unpaired) electrons. The van der Waals surface area contributed by atoms with Gasteiger partial charge < -0.3 is 4.42 Å². The molecule has 5 heteroatoms. The summed E-state index contributed by atoms with van der Waals surface area (Å²) < 4.78 is 4.63. The lowest BCUT2D eigenvalue weighted by atomic mass is 10.6. The number of carbonyl (C=O) groups is 1. The zero-order valence-corrected chi connectivity index (χ0v) is 6.44. The third kappa shape index (κ3) is 1.53. The van der Waals surface area contributed by atoms with Crippen LogP contribution in [0.2, 0.25) is 0 Å². The van der Waals surface area contributed by atoms with E-state index in [0.29, 0.717) is 0 Å². The zero-order chi connectivity index (χ0) is 6.85. The first kappa shape index (κ1) is 6.77. The molecule has 0 aromatic carbocycles. The lowest BCUT2D eigenvalue weighted by Crippen LogP contribution is -1.86. The molecule has 0 saturated carbocycles. The maximum Gasteiger partial charge on any atom is 0.274 e. The number of hydrogen-bond donors (Lipinski definition) is 0. The highest BCUT2D eigenvalue weighted by atomic mass is 79.9. The summed E-state index contributed by atoms with van der Waals surface area (Å²) in [5.74, 6) is 0. The summed E-state index contributed by atoms with van der Waals surface area (Å²) in [5, 5.41) is -0.621. The minimum absolute atomic E-state index is 0.114. The third-order valence-corrected chi connectivity index (χ3v) is 1.24. The summed E-state index contributed by atoms with van der Waals surface area (Å²) in [6.45, 7) is 0. The van der Waals surface area contributed by atoms with Crippen LogP contribution in [0.1, 0.15) is 10.5 Å². The largest absolute Gasteiger partial charge is 0.439 e. The van der Waals surface area contributed by atoms with Gasteiger partial charge in [-0.3, -0.25) is 4.79 Å². The number of nitrogens with zero attached hydrogens (tertiary/aromatic N) is 1. The molecular formula is C4HBrClNO2. The van der Waals surface area contributed by atoms with Crippen LogP contribution >= 0.6 is 27.5 Å². The molecule has 0 atom stereocenters. The second-order valence-corrected chi connectivity index (χ2v) is 2.28. The van der Waals surface area contributed by atoms with Crippen molar-refractivity contribution in [3.8, 4) is 0 Å². The fraction of sp³-hybridized carbons (Fsp3) is 0. The van der Waals surface area contributed by atoms with Crippen LogP contribution in [0.3, 0.4) is 0 Å². The van der Waals surface area contributed by atoms with Crippen LogP contribution in [0.4, 0.5) is 0 Å². The molecule has 48 valence electrons. The number of rotatable bonds is 1. The summed E-state index contributed by atoms with van der Waals surface area (Å²) in [7, 11) is 0. The molecule has 1 aromatic rings. The predicted octanol–water partition coefficient (Wildman–Crippen LogP) is 1.82. The van der Waals surface area contributed by atoms with Gasteiger partial charge in [-0.15, -0.1) is 0 Å². The van der Waals surface area contributed by atoms with Gasteiger partial charge in [0.2, 0.25) is 0 Å². The monoisotopic (exact) mass is 209 g/mol. The number of oxazole rings is 1. The van der Waals surface area contributed by atoms with E-state index in [-0.39, 0.29) is 10.5 Å². The van der Waals surface area contributed by atoms with Gasteiger partial charge in [0.1, 0.15) is 6.26 Å². The minimum atomic E-state index is -0.621. The fourth-order valence-corrected chi connectivity index (χ4v) is 0.713. The topological polar surface area (TPSA) is 43.1 Å². The van der Waals surface area contributed by atoms with Crippen LogP contribution in [-0.2, 0) is 0 Å². The molecule has 0 aliphatic carbocycles. The van der Waals surface area contributed by atoms with E-state index in [4.69, 9.17) is 11.6 Å². The zero-order valence-electron chi connectivity index (χ0n) is 4.10. The molecular weight excluding hydrogens is 209 g/mol. The van der Waals surface area contributed by atoms with Crippen LogP contribution in [0.25, 0.3) is 0 Å². The van der Waals surface area contributed by atoms with Crippen molar-refractivity contribution in [2.24, 2.45) is 0 Å². The van der Waals surface area contributed by atoms with Crippen LogP contribution in [0.15, 0.2) is 15.5 Å². The van der Waals surface area contributed by atoms with Gasteiger partial charge in [0, 0.05) is 15.9 Å². The molecule has 0 N–H and O–H groups in total. The summed E-state index contributed by atoms with van der Waals surface area (Å²) in [6, 6.07) is 0. The molecule has 0 aliphatic heterocycles. The highest BCUT2D eigenvalue weighted by Crippen LogP contribution is 2.09. The van der Waals surface area contributed by atoms with E-state index in [0.717, 1.165) is 0 Å². The van der Waals surface area contributed by atoms with Crippen molar-refractivity contribution < 1.29 is 9.21 Å². The van der Waals surface area contributed by atoms with Crippen LogP contribution in [-0.4, -0.2) is 10.2 Å². The lowest BCUT2D eigenvalue weighted by Gasteiger charge is -1.74. The Hall–Kier alpha value is -0.350. The summed E-state index contributed by atoms with van der Waals surface area (Å²) in [5.41, 5.74) is 0.114. The number of carbonyl (C=O) groups excluding carboxylic acids is 1. The van der Waals surface area contributed by atoms with Gasteiger partial charge in [0.15, 0.2) is 5.69 Å². The van der Waals surface area contributed by atoms with E-state index >= 15 is 0 Å². The Morgan fingerprint density at radius 3 is 2.78 bits per heavy atom. The molecule has 0 spiro atoms. The lowest BCUT2D eigenvalue weighted by molar-refractivity contribution is 0.107. The Balaban J connectivity index is 2.98. The second-order valence-electron chi connectivity index (χ2n) is 1.26. The normalized spacial score (nSPS) is 9.56. The van der Waals surface area contributed by atoms with Crippen molar-refractivity contribution >= 4 is 32.8 Å². The third-order valence-electron chi connectivity index (χ3n) is 0.678. The van der Waals surface area contributed by atoms with Crippen molar-refractivity contribution in [1.82, 2.24) is 4.98 Å². The Morgan fingerprint density at radius 1 is 1.89 bits per heavy atom. The quantitative estimate of drug-likeness (QED) is 0.664. The highest BCUT2D eigenvalue weighted by molar-refractivity contribution is 9.10. The molecule has 0 amide bonds. The summed E-state index contributed by atoms with van der Waals surface area (Å²) >= 11 is 7.95. The van der Waals surface area contributed by atoms with E-state index < -0.39 is 5.24 Å². The summed E-state index contributed by atoms with van der Waals surface area (Å²) in [4.78, 5) is 14.1. The van der Waals surface area contributed by atoms with E-state index in [1.54, 1.807) is 0 Å². The molecule has 0 bridgehead atoms. The van der Waals surface area contributed by atoms with E-state index in [1.165, 1.54) is 6.26 Å². The number of halogens is 2. The van der Waals surface area contributed by atoms with Crippen LogP contribution in [0, 0.1) is 0 Å². The van der Waals surface area contributed by atoms with Gasteiger partial charge >= 0.3 is 0 Å². The van der Waals surface area contributed by atoms with Crippen molar-refractivity contribution in [1.29, 1.82) is 0 Å². The van der Waals surface area contributed by atoms with E-state index in [1.807, 2.05) is 0 Å². The molecule has 0 saturated heterocycles. The van der Waals surface area contributed by atoms with E-state index in [9.17, 15) is 4.79 Å². The summed E-state index contributed by atoms with van der Waals surface area (Å²) in [6.07, 6.45) is 1.18. The fourth-order valence-electron chi connectivity index (χ4n) is 0.342. The highest BCUT2D eigenvalue weighted by Gasteiger charge is 2.06. The Kier molecular flexibility index (Phi) is 1.87. The van der Waals surface area contributed by atoms with Crippen LogP contribution < -0.4 is 0 Å². The molecule has 0 unspecified atom stereocenters. The minimum Gasteiger partial charge on any atom is -0.439 e. The molecule has 0 fully saturated rings. The number of hydrogen-bond acceptors (Lipinski definition) is 3.